The van der Waals surface area contributed by atoms with Crippen LogP contribution in [0.1, 0.15) is 32.6 Å². The van der Waals surface area contributed by atoms with Gasteiger partial charge in [0.05, 0.1) is 6.54 Å². The molecule has 0 aliphatic rings. The molecular weight excluding hydrogens is 200 g/mol. The molecule has 0 aromatic carbocycles. The Labute approximate surface area is 88.5 Å². The number of hydrogen-bond donors (Lipinski definition) is 1. The third-order valence-corrected chi connectivity index (χ3v) is 2.14. The summed E-state index contributed by atoms with van der Waals surface area (Å²) in [7, 11) is 0. The molecule has 0 aliphatic carbocycles. The van der Waals surface area contributed by atoms with E-state index >= 15 is 0 Å². The highest BCUT2D eigenvalue weighted by atomic mass is 19.3. The monoisotopic (exact) mass is 217 g/mol. The second-order valence-electron chi connectivity index (χ2n) is 3.89. The average molecular weight is 217 g/mol. The van der Waals surface area contributed by atoms with Crippen LogP contribution in [0.4, 0.5) is 8.78 Å². The topological polar surface area (TPSA) is 29.9 Å². The molecule has 1 heterocycles. The highest BCUT2D eigenvalue weighted by molar-refractivity contribution is 4.92. The molecule has 3 nitrogen and oxygen atoms in total. The van der Waals surface area contributed by atoms with E-state index in [0.717, 1.165) is 17.5 Å². The van der Waals surface area contributed by atoms with Gasteiger partial charge in [-0.3, -0.25) is 4.57 Å². The maximum Gasteiger partial charge on any atom is 0.319 e. The largest absolute Gasteiger partial charge is 0.319 e. The van der Waals surface area contributed by atoms with Crippen molar-refractivity contribution in [2.24, 2.45) is 5.92 Å². The average Bonchev–Trinajstić information content (AvgIpc) is 2.60. The van der Waals surface area contributed by atoms with Crippen molar-refractivity contribution in [3.05, 3.63) is 18.2 Å². The van der Waals surface area contributed by atoms with Crippen molar-refractivity contribution in [3.8, 4) is 0 Å². The van der Waals surface area contributed by atoms with Gasteiger partial charge in [0.2, 0.25) is 0 Å². The normalized spacial score (nSPS) is 11.6. The summed E-state index contributed by atoms with van der Waals surface area (Å²) in [5, 5.41) is 3.10. The number of nitrogens with one attached hydrogen (secondary N) is 1. The summed E-state index contributed by atoms with van der Waals surface area (Å²) in [6.45, 7) is 2.97. The van der Waals surface area contributed by atoms with E-state index < -0.39 is 6.55 Å². The van der Waals surface area contributed by atoms with Crippen molar-refractivity contribution in [1.29, 1.82) is 0 Å². The molecule has 1 aromatic rings. The first-order valence-electron chi connectivity index (χ1n) is 5.12. The smallest absolute Gasteiger partial charge is 0.310 e. The van der Waals surface area contributed by atoms with Crippen LogP contribution in [0.15, 0.2) is 12.4 Å². The Kier molecular flexibility index (Phi) is 4.68. The lowest BCUT2D eigenvalue weighted by Gasteiger charge is -2.08. The zero-order chi connectivity index (χ0) is 11.3. The van der Waals surface area contributed by atoms with Gasteiger partial charge in [0, 0.05) is 12.4 Å². The minimum Gasteiger partial charge on any atom is -0.310 e. The van der Waals surface area contributed by atoms with Gasteiger partial charge in [-0.15, -0.1) is 0 Å². The highest BCUT2D eigenvalue weighted by Crippen LogP contribution is 2.11. The quantitative estimate of drug-likeness (QED) is 0.741. The molecule has 0 saturated carbocycles. The molecule has 1 rings (SSSR count). The van der Waals surface area contributed by atoms with E-state index in [1.165, 1.54) is 12.4 Å². The Morgan fingerprint density at radius 1 is 1.47 bits per heavy atom. The number of imidazole rings is 1. The van der Waals surface area contributed by atoms with Crippen molar-refractivity contribution in [2.45, 2.75) is 33.4 Å². The lowest BCUT2D eigenvalue weighted by molar-refractivity contribution is 0.0666. The summed E-state index contributed by atoms with van der Waals surface area (Å²) in [5.41, 5.74) is 0. The van der Waals surface area contributed by atoms with Gasteiger partial charge in [-0.2, -0.15) is 8.78 Å². The minimum absolute atomic E-state index is 0.383. The zero-order valence-electron chi connectivity index (χ0n) is 9.08. The number of alkyl halides is 2. The van der Waals surface area contributed by atoms with E-state index in [-0.39, 0.29) is 0 Å². The predicted molar refractivity (Wildman–Crippen MR) is 54.6 cm³/mol. The van der Waals surface area contributed by atoms with Gasteiger partial charge in [0.1, 0.15) is 5.82 Å². The van der Waals surface area contributed by atoms with E-state index in [4.69, 9.17) is 0 Å². The van der Waals surface area contributed by atoms with E-state index in [1.54, 1.807) is 0 Å². The second kappa shape index (κ2) is 5.80. The van der Waals surface area contributed by atoms with Crippen LogP contribution in [0, 0.1) is 5.92 Å². The highest BCUT2D eigenvalue weighted by Gasteiger charge is 2.10. The minimum atomic E-state index is -2.51. The maximum absolute atomic E-state index is 12.4. The molecular formula is C10H17F2N3. The summed E-state index contributed by atoms with van der Waals surface area (Å²) in [6, 6.07) is 0. The fourth-order valence-corrected chi connectivity index (χ4v) is 1.25. The first-order chi connectivity index (χ1) is 7.11. The number of rotatable bonds is 6. The molecule has 5 heteroatoms. The predicted octanol–water partition coefficient (Wildman–Crippen LogP) is 2.41. The molecule has 0 fully saturated rings. The molecule has 0 spiro atoms. The number of aromatic nitrogens is 2. The summed E-state index contributed by atoms with van der Waals surface area (Å²) in [4.78, 5) is 3.87. The summed E-state index contributed by atoms with van der Waals surface area (Å²) in [5.74, 6) is 1.00. The van der Waals surface area contributed by atoms with Crippen LogP contribution in [0.3, 0.4) is 0 Å². The number of halogens is 2. The molecule has 1 aromatic heterocycles. The lowest BCUT2D eigenvalue weighted by atomic mass is 10.1. The SMILES string of the molecule is CC(C)CCNCc1nccn1C(F)F. The van der Waals surface area contributed by atoms with Gasteiger partial charge in [-0.25, -0.2) is 4.98 Å². The molecule has 0 saturated heterocycles. The van der Waals surface area contributed by atoms with Gasteiger partial charge in [-0.05, 0) is 18.9 Å². The van der Waals surface area contributed by atoms with Gasteiger partial charge in [-0.1, -0.05) is 13.8 Å². The van der Waals surface area contributed by atoms with Crippen molar-refractivity contribution in [3.63, 3.8) is 0 Å². The van der Waals surface area contributed by atoms with Crippen LogP contribution >= 0.6 is 0 Å². The summed E-state index contributed by atoms with van der Waals surface area (Å²) < 4.78 is 25.7. The van der Waals surface area contributed by atoms with Gasteiger partial charge < -0.3 is 5.32 Å². The van der Waals surface area contributed by atoms with E-state index in [2.05, 4.69) is 24.1 Å². The summed E-state index contributed by atoms with van der Waals surface area (Å²) in [6.07, 6.45) is 3.73. The Morgan fingerprint density at radius 3 is 2.80 bits per heavy atom. The molecule has 86 valence electrons. The summed E-state index contributed by atoms with van der Waals surface area (Å²) >= 11 is 0. The molecule has 0 atom stereocenters. The van der Waals surface area contributed by atoms with E-state index in [9.17, 15) is 8.78 Å². The van der Waals surface area contributed by atoms with Gasteiger partial charge >= 0.3 is 6.55 Å². The fraction of sp³-hybridized carbons (Fsp3) is 0.700. The molecule has 0 radical (unpaired) electrons. The van der Waals surface area contributed by atoms with Crippen LogP contribution in [0.25, 0.3) is 0 Å². The maximum atomic E-state index is 12.4. The van der Waals surface area contributed by atoms with Crippen LogP contribution in [-0.2, 0) is 6.54 Å². The first-order valence-corrected chi connectivity index (χ1v) is 5.12. The van der Waals surface area contributed by atoms with E-state index in [0.29, 0.717) is 18.3 Å². The third kappa shape index (κ3) is 3.95. The zero-order valence-corrected chi connectivity index (χ0v) is 9.08. The standard InChI is InChI=1S/C10H17F2N3/c1-8(2)3-4-13-7-9-14-5-6-15(9)10(11)12/h5-6,8,10,13H,3-4,7H2,1-2H3. The van der Waals surface area contributed by atoms with Crippen molar-refractivity contribution in [1.82, 2.24) is 14.9 Å². The number of hydrogen-bond acceptors (Lipinski definition) is 2. The Hall–Kier alpha value is -0.970. The van der Waals surface area contributed by atoms with Crippen molar-refractivity contribution >= 4 is 0 Å². The fourth-order valence-electron chi connectivity index (χ4n) is 1.25. The molecule has 0 amide bonds. The first kappa shape index (κ1) is 12.1. The van der Waals surface area contributed by atoms with Gasteiger partial charge in [0.25, 0.3) is 0 Å². The molecule has 15 heavy (non-hydrogen) atoms. The second-order valence-corrected chi connectivity index (χ2v) is 3.89. The van der Waals surface area contributed by atoms with E-state index in [1.807, 2.05) is 0 Å². The molecule has 1 N–H and O–H groups in total. The van der Waals surface area contributed by atoms with Crippen LogP contribution < -0.4 is 5.32 Å². The third-order valence-electron chi connectivity index (χ3n) is 2.14. The van der Waals surface area contributed by atoms with Crippen molar-refractivity contribution < 1.29 is 8.78 Å². The Morgan fingerprint density at radius 2 is 2.20 bits per heavy atom. The van der Waals surface area contributed by atoms with Crippen LogP contribution in [0.2, 0.25) is 0 Å². The van der Waals surface area contributed by atoms with Crippen LogP contribution in [-0.4, -0.2) is 16.1 Å². The molecule has 0 unspecified atom stereocenters. The van der Waals surface area contributed by atoms with Crippen LogP contribution in [0.5, 0.6) is 0 Å². The molecule has 0 bridgehead atoms. The lowest BCUT2D eigenvalue weighted by Crippen LogP contribution is -2.19. The number of nitrogens with zero attached hydrogens (tertiary/aromatic N) is 2. The molecule has 0 aliphatic heterocycles. The Balaban J connectivity index is 2.34. The van der Waals surface area contributed by atoms with Crippen molar-refractivity contribution in [2.75, 3.05) is 6.54 Å². The Bertz CT molecular complexity index is 284. The van der Waals surface area contributed by atoms with Gasteiger partial charge in [0.15, 0.2) is 0 Å².